The van der Waals surface area contributed by atoms with Crippen molar-refractivity contribution in [1.82, 2.24) is 4.98 Å². The fourth-order valence-corrected chi connectivity index (χ4v) is 2.62. The van der Waals surface area contributed by atoms with Crippen molar-refractivity contribution in [2.45, 2.75) is 13.2 Å². The van der Waals surface area contributed by atoms with Crippen LogP contribution in [0.5, 0.6) is 11.5 Å². The van der Waals surface area contributed by atoms with Crippen molar-refractivity contribution >= 4 is 27.3 Å². The molecule has 0 aliphatic carbocycles. The molecule has 96 valence electrons. The van der Waals surface area contributed by atoms with Crippen LogP contribution in [0.25, 0.3) is 0 Å². The summed E-state index contributed by atoms with van der Waals surface area (Å²) in [6, 6.07) is 3.81. The highest BCUT2D eigenvalue weighted by Gasteiger charge is 2.12. The molecule has 0 atom stereocenters. The van der Waals surface area contributed by atoms with Gasteiger partial charge in [-0.2, -0.15) is 0 Å². The summed E-state index contributed by atoms with van der Waals surface area (Å²) in [6.07, 6.45) is 1.76. The third-order valence-electron chi connectivity index (χ3n) is 2.35. The average Bonchev–Trinajstić information content (AvgIpc) is 2.89. The molecule has 1 aromatic heterocycles. The zero-order chi connectivity index (χ0) is 13.0. The van der Waals surface area contributed by atoms with E-state index in [0.717, 1.165) is 15.0 Å². The van der Waals surface area contributed by atoms with Crippen LogP contribution in [0.4, 0.5) is 0 Å². The van der Waals surface area contributed by atoms with Gasteiger partial charge in [0, 0.05) is 18.1 Å². The molecule has 0 radical (unpaired) electrons. The summed E-state index contributed by atoms with van der Waals surface area (Å²) >= 11 is 5.02. The van der Waals surface area contributed by atoms with Crippen LogP contribution in [0, 0.1) is 0 Å². The van der Waals surface area contributed by atoms with E-state index in [-0.39, 0.29) is 0 Å². The van der Waals surface area contributed by atoms with Gasteiger partial charge in [-0.15, -0.1) is 11.3 Å². The van der Waals surface area contributed by atoms with Crippen LogP contribution in [-0.2, 0) is 13.2 Å². The number of aromatic nitrogens is 1. The second-order valence-electron chi connectivity index (χ2n) is 3.53. The normalized spacial score (nSPS) is 10.4. The Morgan fingerprint density at radius 1 is 1.44 bits per heavy atom. The molecular weight excluding hydrogens is 316 g/mol. The molecule has 0 saturated heterocycles. The summed E-state index contributed by atoms with van der Waals surface area (Å²) in [4.78, 5) is 4.17. The first kappa shape index (κ1) is 13.3. The Labute approximate surface area is 118 Å². The van der Waals surface area contributed by atoms with Gasteiger partial charge in [0.2, 0.25) is 0 Å². The van der Waals surface area contributed by atoms with E-state index in [2.05, 4.69) is 20.9 Å². The number of nitrogens with two attached hydrogens (primary N) is 1. The van der Waals surface area contributed by atoms with Gasteiger partial charge in [0.05, 0.1) is 11.6 Å². The molecule has 1 heterocycles. The smallest absolute Gasteiger partial charge is 0.175 e. The highest BCUT2D eigenvalue weighted by molar-refractivity contribution is 9.10. The average molecular weight is 329 g/mol. The van der Waals surface area contributed by atoms with Crippen LogP contribution in [0.15, 0.2) is 28.2 Å². The third-order valence-corrected chi connectivity index (χ3v) is 3.69. The summed E-state index contributed by atoms with van der Waals surface area (Å²) in [7, 11) is 1.61. The first-order valence-corrected chi connectivity index (χ1v) is 6.99. The minimum absolute atomic E-state index is 0.425. The van der Waals surface area contributed by atoms with Crippen LogP contribution in [0.2, 0.25) is 0 Å². The maximum absolute atomic E-state index is 5.74. The Hall–Kier alpha value is -1.11. The lowest BCUT2D eigenvalue weighted by atomic mass is 10.2. The van der Waals surface area contributed by atoms with Gasteiger partial charge < -0.3 is 15.2 Å². The number of benzene rings is 1. The van der Waals surface area contributed by atoms with Crippen LogP contribution >= 0.6 is 27.3 Å². The van der Waals surface area contributed by atoms with E-state index >= 15 is 0 Å². The van der Waals surface area contributed by atoms with E-state index in [0.29, 0.717) is 24.7 Å². The van der Waals surface area contributed by atoms with Crippen molar-refractivity contribution in [3.05, 3.63) is 38.8 Å². The largest absolute Gasteiger partial charge is 0.493 e. The van der Waals surface area contributed by atoms with Gasteiger partial charge in [-0.1, -0.05) is 0 Å². The van der Waals surface area contributed by atoms with Crippen molar-refractivity contribution in [3.8, 4) is 11.5 Å². The number of hydrogen-bond acceptors (Lipinski definition) is 5. The number of hydrogen-bond donors (Lipinski definition) is 1. The predicted octanol–water partition coefficient (Wildman–Crippen LogP) is 2.95. The molecule has 2 rings (SSSR count). The molecule has 2 N–H and O–H groups in total. The number of ether oxygens (including phenoxy) is 2. The Bertz CT molecular complexity index is 517. The van der Waals surface area contributed by atoms with Crippen molar-refractivity contribution < 1.29 is 9.47 Å². The monoisotopic (exact) mass is 328 g/mol. The van der Waals surface area contributed by atoms with Crippen molar-refractivity contribution in [2.75, 3.05) is 7.11 Å². The molecule has 0 fully saturated rings. The highest BCUT2D eigenvalue weighted by atomic mass is 79.9. The minimum atomic E-state index is 0.425. The molecule has 0 spiro atoms. The van der Waals surface area contributed by atoms with Gasteiger partial charge in [0.25, 0.3) is 0 Å². The van der Waals surface area contributed by atoms with Crippen molar-refractivity contribution in [1.29, 1.82) is 0 Å². The van der Waals surface area contributed by atoms with Crippen molar-refractivity contribution in [2.24, 2.45) is 5.73 Å². The molecular formula is C12H13BrN2O2S. The van der Waals surface area contributed by atoms with Crippen LogP contribution in [0.3, 0.4) is 0 Å². The molecule has 0 saturated carbocycles. The Morgan fingerprint density at radius 3 is 2.89 bits per heavy atom. The standard InChI is InChI=1S/C12H13BrN2O2S/c1-16-10-5-8(6-14)4-9(13)12(10)17-7-11-15-2-3-18-11/h2-5H,6-7,14H2,1H3. The zero-order valence-electron chi connectivity index (χ0n) is 9.85. The lowest BCUT2D eigenvalue weighted by molar-refractivity contribution is 0.282. The Kier molecular flexibility index (Phi) is 4.57. The quantitative estimate of drug-likeness (QED) is 0.916. The highest BCUT2D eigenvalue weighted by Crippen LogP contribution is 2.37. The van der Waals surface area contributed by atoms with Gasteiger partial charge in [0.15, 0.2) is 11.5 Å². The number of halogens is 1. The maximum atomic E-state index is 5.74. The summed E-state index contributed by atoms with van der Waals surface area (Å²) < 4.78 is 11.9. The van der Waals surface area contributed by atoms with Gasteiger partial charge in [-0.3, -0.25) is 0 Å². The predicted molar refractivity (Wildman–Crippen MR) is 75.0 cm³/mol. The summed E-state index contributed by atoms with van der Waals surface area (Å²) in [5.74, 6) is 1.34. The second kappa shape index (κ2) is 6.17. The third kappa shape index (κ3) is 3.01. The summed E-state index contributed by atoms with van der Waals surface area (Å²) in [6.45, 7) is 0.885. The minimum Gasteiger partial charge on any atom is -0.493 e. The lowest BCUT2D eigenvalue weighted by Crippen LogP contribution is -2.01. The molecule has 0 amide bonds. The molecule has 2 aromatic rings. The molecule has 0 aliphatic heterocycles. The number of methoxy groups -OCH3 is 1. The Morgan fingerprint density at radius 2 is 2.28 bits per heavy atom. The molecule has 4 nitrogen and oxygen atoms in total. The lowest BCUT2D eigenvalue weighted by Gasteiger charge is -2.13. The van der Waals surface area contributed by atoms with Gasteiger partial charge in [-0.05, 0) is 33.6 Å². The first-order valence-electron chi connectivity index (χ1n) is 5.32. The summed E-state index contributed by atoms with van der Waals surface area (Å²) in [5, 5.41) is 2.84. The fourth-order valence-electron chi connectivity index (χ4n) is 1.49. The van der Waals surface area contributed by atoms with E-state index in [1.807, 2.05) is 17.5 Å². The maximum Gasteiger partial charge on any atom is 0.175 e. The van der Waals surface area contributed by atoms with E-state index in [1.54, 1.807) is 24.6 Å². The van der Waals surface area contributed by atoms with Gasteiger partial charge in [-0.25, -0.2) is 4.98 Å². The van der Waals surface area contributed by atoms with Crippen LogP contribution in [-0.4, -0.2) is 12.1 Å². The molecule has 6 heteroatoms. The molecule has 18 heavy (non-hydrogen) atoms. The van der Waals surface area contributed by atoms with Crippen LogP contribution in [0.1, 0.15) is 10.6 Å². The second-order valence-corrected chi connectivity index (χ2v) is 5.36. The first-order chi connectivity index (χ1) is 8.74. The molecule has 0 bridgehead atoms. The van der Waals surface area contributed by atoms with Crippen molar-refractivity contribution in [3.63, 3.8) is 0 Å². The topological polar surface area (TPSA) is 57.4 Å². The van der Waals surface area contributed by atoms with Gasteiger partial charge >= 0.3 is 0 Å². The SMILES string of the molecule is COc1cc(CN)cc(Br)c1OCc1nccs1. The zero-order valence-corrected chi connectivity index (χ0v) is 12.3. The van der Waals surface area contributed by atoms with E-state index in [4.69, 9.17) is 15.2 Å². The van der Waals surface area contributed by atoms with Crippen LogP contribution < -0.4 is 15.2 Å². The molecule has 0 unspecified atom stereocenters. The van der Waals surface area contributed by atoms with E-state index in [1.165, 1.54) is 0 Å². The molecule has 0 aliphatic rings. The number of nitrogens with zero attached hydrogens (tertiary/aromatic N) is 1. The number of rotatable bonds is 5. The number of thiazole rings is 1. The Balaban J connectivity index is 2.20. The van der Waals surface area contributed by atoms with E-state index in [9.17, 15) is 0 Å². The summed E-state index contributed by atoms with van der Waals surface area (Å²) in [5.41, 5.74) is 6.60. The molecule has 1 aromatic carbocycles. The van der Waals surface area contributed by atoms with Gasteiger partial charge in [0.1, 0.15) is 11.6 Å². The van der Waals surface area contributed by atoms with E-state index < -0.39 is 0 Å². The fraction of sp³-hybridized carbons (Fsp3) is 0.250.